The van der Waals surface area contributed by atoms with E-state index in [2.05, 4.69) is 42.3 Å². The molecule has 0 aliphatic heterocycles. The second-order valence-electron chi connectivity index (χ2n) is 3.55. The maximum absolute atomic E-state index is 11.8. The van der Waals surface area contributed by atoms with E-state index in [0.29, 0.717) is 23.2 Å². The molecule has 0 fully saturated rings. The van der Waals surface area contributed by atoms with Crippen molar-refractivity contribution in [3.63, 3.8) is 0 Å². The van der Waals surface area contributed by atoms with Crippen LogP contribution in [0.1, 0.15) is 11.8 Å². The number of nitrogens with zero attached hydrogens (tertiary/aromatic N) is 2. The summed E-state index contributed by atoms with van der Waals surface area (Å²) in [6.07, 6.45) is 1.66. The molecule has 2 aromatic heterocycles. The molecule has 2 rings (SSSR count). The maximum Gasteiger partial charge on any atom is 0.283 e. The summed E-state index contributed by atoms with van der Waals surface area (Å²) in [7, 11) is 0. The van der Waals surface area contributed by atoms with Crippen molar-refractivity contribution in [2.24, 2.45) is 0 Å². The molecule has 0 unspecified atom stereocenters. The fourth-order valence-electron chi connectivity index (χ4n) is 1.44. The van der Waals surface area contributed by atoms with Crippen molar-refractivity contribution in [2.75, 3.05) is 5.32 Å². The number of halogens is 2. The molecule has 7 heteroatoms. The lowest BCUT2D eigenvalue weighted by Crippen LogP contribution is -2.23. The summed E-state index contributed by atoms with van der Waals surface area (Å²) in [4.78, 5) is 13.0. The Balaban J connectivity index is 2.15. The molecule has 2 aromatic rings. The highest BCUT2D eigenvalue weighted by molar-refractivity contribution is 9.11. The van der Waals surface area contributed by atoms with Gasteiger partial charge in [-0.1, -0.05) is 0 Å². The van der Waals surface area contributed by atoms with Gasteiger partial charge in [-0.2, -0.15) is 5.10 Å². The van der Waals surface area contributed by atoms with Gasteiger partial charge in [0.05, 0.1) is 15.7 Å². The molecule has 0 aliphatic rings. The highest BCUT2D eigenvalue weighted by atomic mass is 79.9. The van der Waals surface area contributed by atoms with E-state index >= 15 is 0 Å². The molecule has 0 aliphatic carbocycles. The van der Waals surface area contributed by atoms with Gasteiger partial charge in [0.15, 0.2) is 0 Å². The lowest BCUT2D eigenvalue weighted by atomic mass is 10.4. The molecule has 18 heavy (non-hydrogen) atoms. The van der Waals surface area contributed by atoms with Crippen LogP contribution < -0.4 is 10.9 Å². The molecular weight excluding hydrogens is 382 g/mol. The average molecular weight is 393 g/mol. The average Bonchev–Trinajstić information content (AvgIpc) is 2.77. The van der Waals surface area contributed by atoms with E-state index in [0.717, 1.165) is 3.79 Å². The van der Waals surface area contributed by atoms with E-state index in [1.807, 2.05) is 19.1 Å². The lowest BCUT2D eigenvalue weighted by Gasteiger charge is -2.08. The van der Waals surface area contributed by atoms with Crippen LogP contribution in [0.15, 0.2) is 31.4 Å². The number of rotatable bonds is 4. The third kappa shape index (κ3) is 3.02. The summed E-state index contributed by atoms with van der Waals surface area (Å²) >= 11 is 8.39. The molecule has 0 amide bonds. The third-order valence-corrected chi connectivity index (χ3v) is 4.76. The normalized spacial score (nSPS) is 10.6. The summed E-state index contributed by atoms with van der Waals surface area (Å²) in [5, 5.41) is 7.28. The van der Waals surface area contributed by atoms with Gasteiger partial charge in [-0.25, -0.2) is 4.68 Å². The van der Waals surface area contributed by atoms with Gasteiger partial charge < -0.3 is 5.32 Å². The first-order valence-electron chi connectivity index (χ1n) is 5.35. The molecule has 4 nitrogen and oxygen atoms in total. The molecule has 0 saturated heterocycles. The highest BCUT2D eigenvalue weighted by Crippen LogP contribution is 2.24. The first kappa shape index (κ1) is 13.8. The smallest absolute Gasteiger partial charge is 0.283 e. The Morgan fingerprint density at radius 2 is 2.22 bits per heavy atom. The Kier molecular flexibility index (Phi) is 4.58. The van der Waals surface area contributed by atoms with Gasteiger partial charge >= 0.3 is 0 Å². The first-order chi connectivity index (χ1) is 8.61. The Hall–Kier alpha value is -0.660. The lowest BCUT2D eigenvalue weighted by molar-refractivity contribution is 0.613. The van der Waals surface area contributed by atoms with Gasteiger partial charge in [0, 0.05) is 18.0 Å². The van der Waals surface area contributed by atoms with E-state index in [1.165, 1.54) is 9.56 Å². The largest absolute Gasteiger partial charge is 0.378 e. The molecule has 96 valence electrons. The monoisotopic (exact) mass is 391 g/mol. The Labute approximate surface area is 125 Å². The third-order valence-electron chi connectivity index (χ3n) is 2.37. The van der Waals surface area contributed by atoms with Gasteiger partial charge in [-0.3, -0.25) is 4.79 Å². The zero-order valence-corrected chi connectivity index (χ0v) is 13.6. The van der Waals surface area contributed by atoms with Gasteiger partial charge in [0.2, 0.25) is 0 Å². The van der Waals surface area contributed by atoms with E-state index in [4.69, 9.17) is 0 Å². The molecule has 0 aromatic carbocycles. The van der Waals surface area contributed by atoms with Crippen molar-refractivity contribution < 1.29 is 0 Å². The number of anilines is 1. The van der Waals surface area contributed by atoms with Crippen LogP contribution in [0.4, 0.5) is 5.69 Å². The van der Waals surface area contributed by atoms with Gasteiger partial charge in [-0.05, 0) is 50.9 Å². The molecular formula is C11H11Br2N3OS. The Morgan fingerprint density at radius 3 is 2.83 bits per heavy atom. The quantitative estimate of drug-likeness (QED) is 0.866. The number of nitrogens with one attached hydrogen (secondary N) is 1. The standard InChI is InChI=1S/C11H11Br2N3OS/c1-2-16-11(17)10(13)8(6-15-16)14-5-7-3-4-9(12)18-7/h3-4,6,14H,2,5H2,1H3. The maximum atomic E-state index is 11.8. The van der Waals surface area contributed by atoms with Crippen LogP contribution in [0.25, 0.3) is 0 Å². The van der Waals surface area contributed by atoms with E-state index < -0.39 is 0 Å². The van der Waals surface area contributed by atoms with Crippen LogP contribution in [-0.2, 0) is 13.1 Å². The molecule has 0 radical (unpaired) electrons. The molecule has 0 atom stereocenters. The van der Waals surface area contributed by atoms with E-state index in [-0.39, 0.29) is 5.56 Å². The molecule has 1 N–H and O–H groups in total. The second kappa shape index (κ2) is 5.99. The van der Waals surface area contributed by atoms with Crippen molar-refractivity contribution in [2.45, 2.75) is 20.0 Å². The van der Waals surface area contributed by atoms with Crippen molar-refractivity contribution in [3.05, 3.63) is 41.8 Å². The highest BCUT2D eigenvalue weighted by Gasteiger charge is 2.07. The number of thiophene rings is 1. The minimum absolute atomic E-state index is 0.116. The first-order valence-corrected chi connectivity index (χ1v) is 7.75. The Bertz CT molecular complexity index is 609. The van der Waals surface area contributed by atoms with E-state index in [9.17, 15) is 4.79 Å². The van der Waals surface area contributed by atoms with Crippen LogP contribution >= 0.6 is 43.2 Å². The SMILES string of the molecule is CCn1ncc(NCc2ccc(Br)s2)c(Br)c1=O. The van der Waals surface area contributed by atoms with Crippen molar-refractivity contribution >= 4 is 48.9 Å². The molecule has 0 bridgehead atoms. The van der Waals surface area contributed by atoms with Crippen LogP contribution in [0.3, 0.4) is 0 Å². The summed E-state index contributed by atoms with van der Waals surface area (Å²) < 4.78 is 3.03. The zero-order valence-electron chi connectivity index (χ0n) is 9.61. The van der Waals surface area contributed by atoms with Crippen LogP contribution in [0.5, 0.6) is 0 Å². The van der Waals surface area contributed by atoms with Crippen LogP contribution in [-0.4, -0.2) is 9.78 Å². The minimum atomic E-state index is -0.116. The molecule has 0 spiro atoms. The van der Waals surface area contributed by atoms with Crippen LogP contribution in [0.2, 0.25) is 0 Å². The van der Waals surface area contributed by atoms with Crippen molar-refractivity contribution in [3.8, 4) is 0 Å². The molecule has 2 heterocycles. The predicted octanol–water partition coefficient (Wildman–Crippen LogP) is 3.46. The van der Waals surface area contributed by atoms with Gasteiger partial charge in [-0.15, -0.1) is 11.3 Å². The fraction of sp³-hybridized carbons (Fsp3) is 0.273. The summed E-state index contributed by atoms with van der Waals surface area (Å²) in [5.41, 5.74) is 0.601. The number of aryl methyl sites for hydroxylation is 1. The molecule has 0 saturated carbocycles. The van der Waals surface area contributed by atoms with Gasteiger partial charge in [0.1, 0.15) is 4.47 Å². The van der Waals surface area contributed by atoms with Crippen LogP contribution in [0, 0.1) is 0 Å². The summed E-state index contributed by atoms with van der Waals surface area (Å²) in [5.74, 6) is 0. The van der Waals surface area contributed by atoms with E-state index in [1.54, 1.807) is 17.5 Å². The predicted molar refractivity (Wildman–Crippen MR) is 81.2 cm³/mol. The summed E-state index contributed by atoms with van der Waals surface area (Å²) in [6, 6.07) is 4.04. The Morgan fingerprint density at radius 1 is 1.44 bits per heavy atom. The summed E-state index contributed by atoms with van der Waals surface area (Å²) in [6.45, 7) is 3.12. The number of aromatic nitrogens is 2. The van der Waals surface area contributed by atoms with Gasteiger partial charge in [0.25, 0.3) is 5.56 Å². The van der Waals surface area contributed by atoms with Crippen molar-refractivity contribution in [1.82, 2.24) is 9.78 Å². The zero-order chi connectivity index (χ0) is 13.1. The number of hydrogen-bond donors (Lipinski definition) is 1. The fourth-order valence-corrected chi connectivity index (χ4v) is 3.31. The second-order valence-corrected chi connectivity index (χ2v) is 6.89. The topological polar surface area (TPSA) is 46.9 Å². The van der Waals surface area contributed by atoms with Crippen molar-refractivity contribution in [1.29, 1.82) is 0 Å². The minimum Gasteiger partial charge on any atom is -0.378 e. The number of hydrogen-bond acceptors (Lipinski definition) is 4.